The van der Waals surface area contributed by atoms with Gasteiger partial charge >= 0.3 is 0 Å². The van der Waals surface area contributed by atoms with Crippen LogP contribution in [0.1, 0.15) is 6.92 Å². The van der Waals surface area contributed by atoms with Crippen molar-refractivity contribution in [3.63, 3.8) is 0 Å². The van der Waals surface area contributed by atoms with E-state index in [-0.39, 0.29) is 30.5 Å². The van der Waals surface area contributed by atoms with Crippen LogP contribution in [0.2, 0.25) is 0 Å². The molecule has 18 heavy (non-hydrogen) atoms. The molecule has 2 heterocycles. The third-order valence-corrected chi connectivity index (χ3v) is 2.03. The fourth-order valence-electron chi connectivity index (χ4n) is 1.17. The van der Waals surface area contributed by atoms with Gasteiger partial charge in [0.2, 0.25) is 11.9 Å². The molecule has 0 aliphatic heterocycles. The summed E-state index contributed by atoms with van der Waals surface area (Å²) in [5.41, 5.74) is 2.33. The second-order valence-electron chi connectivity index (χ2n) is 3.49. The summed E-state index contributed by atoms with van der Waals surface area (Å²) in [6, 6.07) is -0.193. The number of rotatable bonds is 5. The first kappa shape index (κ1) is 12.1. The van der Waals surface area contributed by atoms with Crippen molar-refractivity contribution in [2.24, 2.45) is 5.84 Å². The zero-order chi connectivity index (χ0) is 13.0. The zero-order valence-electron chi connectivity index (χ0n) is 9.65. The Hall–Kier alpha value is -2.33. The second kappa shape index (κ2) is 5.33. The van der Waals surface area contributed by atoms with Gasteiger partial charge in [-0.25, -0.2) is 10.8 Å². The molecule has 0 saturated heterocycles. The average Bonchev–Trinajstić information content (AvgIpc) is 2.92. The molecular formula is C8H13N9O. The third-order valence-electron chi connectivity index (χ3n) is 2.03. The van der Waals surface area contributed by atoms with E-state index in [1.807, 2.05) is 0 Å². The molecule has 0 bridgehead atoms. The van der Waals surface area contributed by atoms with Crippen molar-refractivity contribution in [3.8, 4) is 5.95 Å². The highest BCUT2D eigenvalue weighted by Crippen LogP contribution is 2.08. The molecule has 0 spiro atoms. The van der Waals surface area contributed by atoms with Gasteiger partial charge in [0.1, 0.15) is 12.7 Å². The van der Waals surface area contributed by atoms with Gasteiger partial charge < -0.3 is 10.4 Å². The molecule has 0 aliphatic carbocycles. The van der Waals surface area contributed by atoms with Crippen LogP contribution in [0.25, 0.3) is 5.95 Å². The molecule has 2 aromatic heterocycles. The van der Waals surface area contributed by atoms with E-state index < -0.39 is 0 Å². The first-order valence-electron chi connectivity index (χ1n) is 5.18. The summed E-state index contributed by atoms with van der Waals surface area (Å²) in [6.45, 7) is 1.74. The van der Waals surface area contributed by atoms with Gasteiger partial charge in [-0.15, -0.1) is 0 Å². The highest BCUT2D eigenvalue weighted by atomic mass is 16.3. The first-order valence-corrected chi connectivity index (χ1v) is 5.18. The van der Waals surface area contributed by atoms with Gasteiger partial charge in [0.25, 0.3) is 5.95 Å². The number of nitrogens with zero attached hydrogens (tertiary/aromatic N) is 6. The molecule has 1 unspecified atom stereocenters. The molecule has 0 fully saturated rings. The Morgan fingerprint density at radius 1 is 1.39 bits per heavy atom. The lowest BCUT2D eigenvalue weighted by atomic mass is 10.4. The topological polar surface area (TPSA) is 140 Å². The maximum atomic E-state index is 8.97. The Bertz CT molecular complexity index is 499. The van der Waals surface area contributed by atoms with Crippen molar-refractivity contribution in [2.45, 2.75) is 13.0 Å². The van der Waals surface area contributed by atoms with Crippen LogP contribution in [-0.2, 0) is 0 Å². The van der Waals surface area contributed by atoms with E-state index in [1.165, 1.54) is 17.3 Å². The van der Waals surface area contributed by atoms with Gasteiger partial charge in [-0.1, -0.05) is 0 Å². The maximum Gasteiger partial charge on any atom is 0.258 e. The van der Waals surface area contributed by atoms with E-state index >= 15 is 0 Å². The van der Waals surface area contributed by atoms with Gasteiger partial charge in [-0.2, -0.15) is 24.7 Å². The third kappa shape index (κ3) is 2.67. The number of aliphatic hydroxyl groups excluding tert-OH is 1. The number of nitrogens with one attached hydrogen (secondary N) is 2. The van der Waals surface area contributed by atoms with E-state index in [2.05, 4.69) is 35.8 Å². The fraction of sp³-hybridized carbons (Fsp3) is 0.375. The van der Waals surface area contributed by atoms with Crippen molar-refractivity contribution in [1.82, 2.24) is 29.7 Å². The summed E-state index contributed by atoms with van der Waals surface area (Å²) < 4.78 is 1.37. The number of nitrogen functional groups attached to an aromatic ring is 1. The van der Waals surface area contributed by atoms with Crippen LogP contribution >= 0.6 is 0 Å². The van der Waals surface area contributed by atoms with Gasteiger partial charge in [-0.05, 0) is 6.92 Å². The Labute approximate surface area is 102 Å². The van der Waals surface area contributed by atoms with Crippen molar-refractivity contribution in [3.05, 3.63) is 12.7 Å². The van der Waals surface area contributed by atoms with Crippen LogP contribution in [-0.4, -0.2) is 47.5 Å². The average molecular weight is 251 g/mol. The summed E-state index contributed by atoms with van der Waals surface area (Å²) in [5.74, 6) is 6.01. The minimum absolute atomic E-state index is 0.0459. The minimum atomic E-state index is -0.193. The highest BCUT2D eigenvalue weighted by molar-refractivity contribution is 5.37. The van der Waals surface area contributed by atoms with Gasteiger partial charge in [-0.3, -0.25) is 5.43 Å². The standard InChI is InChI=1S/C8H13N9O/c1-5(2-18)12-6-13-7(16-9)15-8(14-6)17-4-10-3-11-17/h3-5,18H,2,9H2,1H3,(H2,12,13,14,15,16). The number of hydrogen-bond acceptors (Lipinski definition) is 9. The summed E-state index contributed by atoms with van der Waals surface area (Å²) in [6.07, 6.45) is 2.82. The van der Waals surface area contributed by atoms with E-state index in [4.69, 9.17) is 10.9 Å². The molecule has 10 heteroatoms. The van der Waals surface area contributed by atoms with E-state index in [0.29, 0.717) is 0 Å². The number of nitrogens with two attached hydrogens (primary N) is 1. The second-order valence-corrected chi connectivity index (χ2v) is 3.49. The molecule has 5 N–H and O–H groups in total. The Balaban J connectivity index is 2.33. The van der Waals surface area contributed by atoms with Crippen LogP contribution < -0.4 is 16.6 Å². The SMILES string of the molecule is CC(CO)Nc1nc(NN)nc(-n2cncn2)n1. The number of aliphatic hydroxyl groups is 1. The minimum Gasteiger partial charge on any atom is -0.394 e. The van der Waals surface area contributed by atoms with E-state index in [1.54, 1.807) is 6.92 Å². The quantitative estimate of drug-likeness (QED) is 0.370. The van der Waals surface area contributed by atoms with E-state index in [0.717, 1.165) is 0 Å². The van der Waals surface area contributed by atoms with Crippen molar-refractivity contribution < 1.29 is 5.11 Å². The predicted molar refractivity (Wildman–Crippen MR) is 62.7 cm³/mol. The predicted octanol–water partition coefficient (Wildman–Crippen LogP) is -1.47. The first-order chi connectivity index (χ1) is 8.72. The number of hydrogen-bond donors (Lipinski definition) is 4. The van der Waals surface area contributed by atoms with Crippen molar-refractivity contribution in [1.29, 1.82) is 0 Å². The summed E-state index contributed by atoms with van der Waals surface area (Å²) in [5, 5.41) is 15.8. The van der Waals surface area contributed by atoms with Crippen LogP contribution in [0.5, 0.6) is 0 Å². The largest absolute Gasteiger partial charge is 0.394 e. The Kier molecular flexibility index (Phi) is 3.60. The normalized spacial score (nSPS) is 12.2. The molecular weight excluding hydrogens is 238 g/mol. The molecule has 0 radical (unpaired) electrons. The number of anilines is 2. The molecule has 2 rings (SSSR count). The molecule has 96 valence electrons. The number of hydrazine groups is 1. The molecule has 0 aliphatic rings. The molecule has 1 atom stereocenters. The van der Waals surface area contributed by atoms with Crippen molar-refractivity contribution >= 4 is 11.9 Å². The number of aromatic nitrogens is 6. The smallest absolute Gasteiger partial charge is 0.258 e. The summed E-state index contributed by atoms with van der Waals surface area (Å²) in [7, 11) is 0. The van der Waals surface area contributed by atoms with Gasteiger partial charge in [0.05, 0.1) is 6.61 Å². The lowest BCUT2D eigenvalue weighted by Crippen LogP contribution is -2.23. The summed E-state index contributed by atoms with van der Waals surface area (Å²) in [4.78, 5) is 16.0. The molecule has 10 nitrogen and oxygen atoms in total. The fourth-order valence-corrected chi connectivity index (χ4v) is 1.17. The monoisotopic (exact) mass is 251 g/mol. The molecule has 0 amide bonds. The van der Waals surface area contributed by atoms with E-state index in [9.17, 15) is 0 Å². The lowest BCUT2D eigenvalue weighted by Gasteiger charge is -2.11. The highest BCUT2D eigenvalue weighted by Gasteiger charge is 2.09. The van der Waals surface area contributed by atoms with Crippen molar-refractivity contribution in [2.75, 3.05) is 17.3 Å². The Morgan fingerprint density at radius 3 is 2.78 bits per heavy atom. The zero-order valence-corrected chi connectivity index (χ0v) is 9.65. The molecule has 2 aromatic rings. The van der Waals surface area contributed by atoms with Crippen LogP contribution in [0.15, 0.2) is 12.7 Å². The molecule has 0 aromatic carbocycles. The Morgan fingerprint density at radius 2 is 2.17 bits per heavy atom. The van der Waals surface area contributed by atoms with Crippen LogP contribution in [0.3, 0.4) is 0 Å². The summed E-state index contributed by atoms with van der Waals surface area (Å²) >= 11 is 0. The van der Waals surface area contributed by atoms with Gasteiger partial charge in [0.15, 0.2) is 0 Å². The lowest BCUT2D eigenvalue weighted by molar-refractivity contribution is 0.281. The van der Waals surface area contributed by atoms with Crippen LogP contribution in [0.4, 0.5) is 11.9 Å². The maximum absolute atomic E-state index is 8.97. The van der Waals surface area contributed by atoms with Gasteiger partial charge in [0, 0.05) is 6.04 Å². The molecule has 0 saturated carbocycles. The van der Waals surface area contributed by atoms with Crippen LogP contribution in [0, 0.1) is 0 Å².